The van der Waals surface area contributed by atoms with Gasteiger partial charge in [0.15, 0.2) is 0 Å². The van der Waals surface area contributed by atoms with E-state index in [-0.39, 0.29) is 0 Å². The molecule has 0 fully saturated rings. The Morgan fingerprint density at radius 3 is 2.56 bits per heavy atom. The van der Waals surface area contributed by atoms with Crippen LogP contribution in [0.2, 0.25) is 0 Å². The van der Waals surface area contributed by atoms with Crippen LogP contribution in [0, 0.1) is 11.3 Å². The Kier molecular flexibility index (Phi) is 3.68. The second-order valence-corrected chi connectivity index (χ2v) is 5.94. The van der Waals surface area contributed by atoms with Crippen molar-refractivity contribution in [1.82, 2.24) is 9.55 Å². The molecule has 4 aromatic rings. The second-order valence-electron chi connectivity index (χ2n) is 5.94. The van der Waals surface area contributed by atoms with Crippen LogP contribution in [-0.4, -0.2) is 9.55 Å². The Balaban J connectivity index is 1.87. The lowest BCUT2D eigenvalue weighted by atomic mass is 10.1. The lowest BCUT2D eigenvalue weighted by Crippen LogP contribution is -2.02. The van der Waals surface area contributed by atoms with Gasteiger partial charge < -0.3 is 10.3 Å². The molecular weight excluding hydrogens is 308 g/mol. The Labute approximate surface area is 145 Å². The minimum atomic E-state index is 0.649. The van der Waals surface area contributed by atoms with E-state index in [0.29, 0.717) is 12.1 Å². The SMILES string of the molecule is N#Cc1cccc(Cn2c(-c3ccc(N)cc3)nc3ccccc32)c1. The fourth-order valence-corrected chi connectivity index (χ4v) is 3.01. The molecular formula is C21H16N4. The van der Waals surface area contributed by atoms with Gasteiger partial charge in [-0.25, -0.2) is 4.98 Å². The molecule has 120 valence electrons. The first-order chi connectivity index (χ1) is 12.2. The average Bonchev–Trinajstić information content (AvgIpc) is 3.01. The predicted octanol–water partition coefficient (Wildman–Crippen LogP) is 4.21. The standard InChI is InChI=1S/C21H16N4/c22-13-15-4-3-5-16(12-15)14-25-20-7-2-1-6-19(20)24-21(25)17-8-10-18(23)11-9-17/h1-12H,14,23H2. The molecule has 0 saturated carbocycles. The van der Waals surface area contributed by atoms with Crippen LogP contribution in [0.1, 0.15) is 11.1 Å². The topological polar surface area (TPSA) is 67.6 Å². The van der Waals surface area contributed by atoms with E-state index in [1.165, 1.54) is 0 Å². The molecule has 4 heteroatoms. The van der Waals surface area contributed by atoms with E-state index in [0.717, 1.165) is 33.7 Å². The quantitative estimate of drug-likeness (QED) is 0.574. The van der Waals surface area contributed by atoms with Crippen LogP contribution in [-0.2, 0) is 6.54 Å². The molecule has 0 spiro atoms. The Morgan fingerprint density at radius 1 is 0.960 bits per heavy atom. The van der Waals surface area contributed by atoms with Crippen molar-refractivity contribution in [2.24, 2.45) is 0 Å². The van der Waals surface area contributed by atoms with Crippen LogP contribution in [0.25, 0.3) is 22.4 Å². The van der Waals surface area contributed by atoms with Gasteiger partial charge in [0.05, 0.1) is 22.7 Å². The van der Waals surface area contributed by atoms with E-state index >= 15 is 0 Å². The maximum atomic E-state index is 9.14. The number of para-hydroxylation sites is 2. The highest BCUT2D eigenvalue weighted by molar-refractivity contribution is 5.81. The summed E-state index contributed by atoms with van der Waals surface area (Å²) in [5, 5.41) is 9.14. The number of nitriles is 1. The smallest absolute Gasteiger partial charge is 0.141 e. The van der Waals surface area contributed by atoms with Crippen molar-refractivity contribution < 1.29 is 0 Å². The Hall–Kier alpha value is -3.58. The number of nitrogens with zero attached hydrogens (tertiary/aromatic N) is 3. The third-order valence-corrected chi connectivity index (χ3v) is 4.22. The summed E-state index contributed by atoms with van der Waals surface area (Å²) in [6.07, 6.45) is 0. The number of fused-ring (bicyclic) bond motifs is 1. The zero-order valence-corrected chi connectivity index (χ0v) is 13.6. The summed E-state index contributed by atoms with van der Waals surface area (Å²) in [5.74, 6) is 0.892. The van der Waals surface area contributed by atoms with Crippen molar-refractivity contribution in [1.29, 1.82) is 5.26 Å². The van der Waals surface area contributed by atoms with Crippen LogP contribution in [0.4, 0.5) is 5.69 Å². The highest BCUT2D eigenvalue weighted by Crippen LogP contribution is 2.26. The van der Waals surface area contributed by atoms with E-state index in [4.69, 9.17) is 16.0 Å². The summed E-state index contributed by atoms with van der Waals surface area (Å²) in [6.45, 7) is 0.649. The molecule has 0 atom stereocenters. The van der Waals surface area contributed by atoms with E-state index < -0.39 is 0 Å². The molecule has 0 aliphatic rings. The van der Waals surface area contributed by atoms with Crippen molar-refractivity contribution >= 4 is 16.7 Å². The molecule has 0 amide bonds. The first-order valence-corrected chi connectivity index (χ1v) is 8.05. The summed E-state index contributed by atoms with van der Waals surface area (Å²) in [6, 6.07) is 25.7. The van der Waals surface area contributed by atoms with Crippen LogP contribution in [0.15, 0.2) is 72.8 Å². The molecule has 0 aliphatic carbocycles. The molecule has 25 heavy (non-hydrogen) atoms. The summed E-state index contributed by atoms with van der Waals surface area (Å²) >= 11 is 0. The predicted molar refractivity (Wildman–Crippen MR) is 99.8 cm³/mol. The molecule has 4 nitrogen and oxygen atoms in total. The van der Waals surface area contributed by atoms with Gasteiger partial charge >= 0.3 is 0 Å². The van der Waals surface area contributed by atoms with Crippen LogP contribution in [0.5, 0.6) is 0 Å². The molecule has 2 N–H and O–H groups in total. The second kappa shape index (κ2) is 6.14. The number of hydrogen-bond acceptors (Lipinski definition) is 3. The zero-order chi connectivity index (χ0) is 17.2. The van der Waals surface area contributed by atoms with Crippen molar-refractivity contribution in [3.8, 4) is 17.5 Å². The molecule has 0 saturated heterocycles. The maximum absolute atomic E-state index is 9.14. The maximum Gasteiger partial charge on any atom is 0.141 e. The molecule has 1 aromatic heterocycles. The molecule has 0 unspecified atom stereocenters. The van der Waals surface area contributed by atoms with Gasteiger partial charge in [-0.15, -0.1) is 0 Å². The lowest BCUT2D eigenvalue weighted by Gasteiger charge is -2.10. The normalized spacial score (nSPS) is 10.7. The van der Waals surface area contributed by atoms with E-state index in [1.54, 1.807) is 0 Å². The number of nitrogen functional groups attached to an aromatic ring is 1. The highest BCUT2D eigenvalue weighted by Gasteiger charge is 2.13. The number of anilines is 1. The largest absolute Gasteiger partial charge is 0.399 e. The molecule has 1 heterocycles. The number of imidazole rings is 1. The molecule has 3 aromatic carbocycles. The van der Waals surface area contributed by atoms with Gasteiger partial charge in [0.25, 0.3) is 0 Å². The Morgan fingerprint density at radius 2 is 1.76 bits per heavy atom. The van der Waals surface area contributed by atoms with E-state index in [1.807, 2.05) is 66.7 Å². The molecule has 0 aliphatic heterocycles. The summed E-state index contributed by atoms with van der Waals surface area (Å²) in [7, 11) is 0. The van der Waals surface area contributed by atoms with Gasteiger partial charge in [-0.1, -0.05) is 24.3 Å². The number of benzene rings is 3. The minimum absolute atomic E-state index is 0.649. The van der Waals surface area contributed by atoms with Gasteiger partial charge in [-0.3, -0.25) is 0 Å². The van der Waals surface area contributed by atoms with Gasteiger partial charge in [-0.2, -0.15) is 5.26 Å². The fourth-order valence-electron chi connectivity index (χ4n) is 3.01. The monoisotopic (exact) mass is 324 g/mol. The Bertz CT molecular complexity index is 1090. The van der Waals surface area contributed by atoms with Gasteiger partial charge in [-0.05, 0) is 54.1 Å². The van der Waals surface area contributed by atoms with Gasteiger partial charge in [0.2, 0.25) is 0 Å². The molecule has 4 rings (SSSR count). The van der Waals surface area contributed by atoms with E-state index in [9.17, 15) is 0 Å². The first-order valence-electron chi connectivity index (χ1n) is 8.05. The minimum Gasteiger partial charge on any atom is -0.399 e. The number of hydrogen-bond donors (Lipinski definition) is 1. The average molecular weight is 324 g/mol. The van der Waals surface area contributed by atoms with Crippen molar-refractivity contribution in [3.05, 3.63) is 83.9 Å². The molecule has 0 radical (unpaired) electrons. The van der Waals surface area contributed by atoms with Gasteiger partial charge in [0, 0.05) is 17.8 Å². The number of nitrogens with two attached hydrogens (primary N) is 1. The lowest BCUT2D eigenvalue weighted by molar-refractivity contribution is 0.834. The highest BCUT2D eigenvalue weighted by atomic mass is 15.1. The third-order valence-electron chi connectivity index (χ3n) is 4.22. The summed E-state index contributed by atoms with van der Waals surface area (Å²) in [5.41, 5.74) is 11.3. The molecule has 0 bridgehead atoms. The van der Waals surface area contributed by atoms with Crippen LogP contribution >= 0.6 is 0 Å². The van der Waals surface area contributed by atoms with Crippen molar-refractivity contribution in [2.45, 2.75) is 6.54 Å². The first kappa shape index (κ1) is 15.0. The number of rotatable bonds is 3. The van der Waals surface area contributed by atoms with Gasteiger partial charge in [0.1, 0.15) is 5.82 Å². The summed E-state index contributed by atoms with van der Waals surface area (Å²) < 4.78 is 2.18. The summed E-state index contributed by atoms with van der Waals surface area (Å²) in [4.78, 5) is 4.81. The van der Waals surface area contributed by atoms with Crippen molar-refractivity contribution in [2.75, 3.05) is 5.73 Å². The van der Waals surface area contributed by atoms with Crippen LogP contribution in [0.3, 0.4) is 0 Å². The fraction of sp³-hybridized carbons (Fsp3) is 0.0476. The van der Waals surface area contributed by atoms with Crippen molar-refractivity contribution in [3.63, 3.8) is 0 Å². The zero-order valence-electron chi connectivity index (χ0n) is 13.6. The number of aromatic nitrogens is 2. The van der Waals surface area contributed by atoms with E-state index in [2.05, 4.69) is 16.7 Å². The third kappa shape index (κ3) is 2.84. The van der Waals surface area contributed by atoms with Crippen LogP contribution < -0.4 is 5.73 Å².